The van der Waals surface area contributed by atoms with Gasteiger partial charge in [0.25, 0.3) is 0 Å². The minimum absolute atomic E-state index is 0.0841. The Morgan fingerprint density at radius 2 is 2.33 bits per heavy atom. The van der Waals surface area contributed by atoms with Crippen molar-refractivity contribution < 1.29 is 9.13 Å². The highest BCUT2D eigenvalue weighted by Gasteiger charge is 2.45. The molecule has 0 bridgehead atoms. The molecule has 4 heteroatoms. The van der Waals surface area contributed by atoms with Crippen LogP contribution in [0, 0.1) is 5.82 Å². The van der Waals surface area contributed by atoms with Crippen LogP contribution in [0.2, 0.25) is 0 Å². The molecule has 0 saturated heterocycles. The highest BCUT2D eigenvalue weighted by molar-refractivity contribution is 5.23. The fraction of sp³-hybridized carbons (Fsp3) is 0.643. The summed E-state index contributed by atoms with van der Waals surface area (Å²) in [6, 6.07) is 1.67. The maximum atomic E-state index is 13.9. The van der Waals surface area contributed by atoms with Gasteiger partial charge in [0.2, 0.25) is 0 Å². The van der Waals surface area contributed by atoms with Gasteiger partial charge in [0.05, 0.1) is 17.8 Å². The maximum absolute atomic E-state index is 13.9. The molecular formula is C14H21FN2O. The van der Waals surface area contributed by atoms with Crippen molar-refractivity contribution in [2.24, 2.45) is 0 Å². The van der Waals surface area contributed by atoms with Crippen molar-refractivity contribution in [3.63, 3.8) is 0 Å². The summed E-state index contributed by atoms with van der Waals surface area (Å²) in [5, 5.41) is 3.43. The molecule has 1 atom stereocenters. The lowest BCUT2D eigenvalue weighted by molar-refractivity contribution is -0.100. The summed E-state index contributed by atoms with van der Waals surface area (Å²) in [5.41, 5.74) is 0.414. The van der Waals surface area contributed by atoms with Gasteiger partial charge in [-0.25, -0.2) is 4.39 Å². The van der Waals surface area contributed by atoms with Crippen LogP contribution in [0.1, 0.15) is 44.2 Å². The van der Waals surface area contributed by atoms with Crippen molar-refractivity contribution >= 4 is 0 Å². The van der Waals surface area contributed by atoms with Gasteiger partial charge in [0.1, 0.15) is 5.82 Å². The lowest BCUT2D eigenvalue weighted by atomic mass is 9.72. The van der Waals surface area contributed by atoms with Gasteiger partial charge in [0, 0.05) is 18.9 Å². The topological polar surface area (TPSA) is 34.2 Å². The summed E-state index contributed by atoms with van der Waals surface area (Å²) in [7, 11) is 1.72. The van der Waals surface area contributed by atoms with E-state index < -0.39 is 0 Å². The standard InChI is InChI=1S/C14H21FN2O/c1-3-8-17-13(14(18-2)6-4-7-14)11-5-9-16-10-12(11)15/h5,9-10,13,17H,3-4,6-8H2,1-2H3. The molecule has 0 amide bonds. The molecule has 0 spiro atoms. The fourth-order valence-corrected chi connectivity index (χ4v) is 2.62. The number of nitrogens with zero attached hydrogens (tertiary/aromatic N) is 1. The van der Waals surface area contributed by atoms with Crippen LogP contribution in [0.15, 0.2) is 18.5 Å². The van der Waals surface area contributed by atoms with Crippen molar-refractivity contribution in [1.82, 2.24) is 10.3 Å². The summed E-state index contributed by atoms with van der Waals surface area (Å²) in [4.78, 5) is 3.82. The fourth-order valence-electron chi connectivity index (χ4n) is 2.62. The zero-order valence-electron chi connectivity index (χ0n) is 11.1. The smallest absolute Gasteiger partial charge is 0.146 e. The molecule has 0 aromatic carbocycles. The molecule has 18 heavy (non-hydrogen) atoms. The molecule has 1 N–H and O–H groups in total. The Morgan fingerprint density at radius 3 is 2.83 bits per heavy atom. The molecule has 1 aromatic heterocycles. The molecule has 0 aliphatic heterocycles. The van der Waals surface area contributed by atoms with E-state index >= 15 is 0 Å². The van der Waals surface area contributed by atoms with Crippen LogP contribution in [0.5, 0.6) is 0 Å². The van der Waals surface area contributed by atoms with Crippen molar-refractivity contribution in [3.8, 4) is 0 Å². The van der Waals surface area contributed by atoms with E-state index in [0.29, 0.717) is 5.56 Å². The van der Waals surface area contributed by atoms with Crippen LogP contribution in [0.3, 0.4) is 0 Å². The summed E-state index contributed by atoms with van der Waals surface area (Å²) in [6.07, 6.45) is 7.03. The molecular weight excluding hydrogens is 231 g/mol. The Bertz CT molecular complexity index is 388. The molecule has 1 fully saturated rings. The number of aromatic nitrogens is 1. The van der Waals surface area contributed by atoms with Gasteiger partial charge in [-0.15, -0.1) is 0 Å². The summed E-state index contributed by atoms with van der Waals surface area (Å²) >= 11 is 0. The lowest BCUT2D eigenvalue weighted by Crippen LogP contribution is -2.51. The third-order valence-electron chi connectivity index (χ3n) is 3.85. The zero-order valence-corrected chi connectivity index (χ0v) is 11.1. The van der Waals surface area contributed by atoms with Crippen LogP contribution in [0.25, 0.3) is 0 Å². The van der Waals surface area contributed by atoms with Crippen molar-refractivity contribution in [2.45, 2.75) is 44.2 Å². The maximum Gasteiger partial charge on any atom is 0.146 e. The number of nitrogens with one attached hydrogen (secondary N) is 1. The van der Waals surface area contributed by atoms with E-state index in [0.717, 1.165) is 32.2 Å². The SMILES string of the molecule is CCCNC(c1ccncc1F)C1(OC)CCC1. The van der Waals surface area contributed by atoms with Gasteiger partial charge < -0.3 is 10.1 Å². The Morgan fingerprint density at radius 1 is 1.56 bits per heavy atom. The molecule has 100 valence electrons. The Balaban J connectivity index is 2.27. The number of ether oxygens (including phenoxy) is 1. The normalized spacial score (nSPS) is 19.3. The number of pyridine rings is 1. The lowest BCUT2D eigenvalue weighted by Gasteiger charge is -2.47. The average molecular weight is 252 g/mol. The number of methoxy groups -OCH3 is 1. The van der Waals surface area contributed by atoms with E-state index in [-0.39, 0.29) is 17.5 Å². The van der Waals surface area contributed by atoms with Crippen LogP contribution in [-0.2, 0) is 4.74 Å². The third kappa shape index (κ3) is 2.40. The Kier molecular flexibility index (Phi) is 4.30. The van der Waals surface area contributed by atoms with Crippen LogP contribution in [0.4, 0.5) is 4.39 Å². The van der Waals surface area contributed by atoms with Crippen molar-refractivity contribution in [3.05, 3.63) is 29.8 Å². The molecule has 0 radical (unpaired) electrons. The number of hydrogen-bond donors (Lipinski definition) is 1. The van der Waals surface area contributed by atoms with Gasteiger partial charge in [-0.3, -0.25) is 4.98 Å². The van der Waals surface area contributed by atoms with Crippen LogP contribution < -0.4 is 5.32 Å². The molecule has 1 unspecified atom stereocenters. The minimum atomic E-state index is -0.255. The van der Waals surface area contributed by atoms with E-state index in [4.69, 9.17) is 4.74 Å². The van der Waals surface area contributed by atoms with E-state index in [1.807, 2.05) is 0 Å². The number of hydrogen-bond acceptors (Lipinski definition) is 3. The molecule has 1 aliphatic carbocycles. The predicted molar refractivity (Wildman–Crippen MR) is 68.8 cm³/mol. The monoisotopic (exact) mass is 252 g/mol. The van der Waals surface area contributed by atoms with Crippen molar-refractivity contribution in [1.29, 1.82) is 0 Å². The second-order valence-corrected chi connectivity index (χ2v) is 4.91. The van der Waals surface area contributed by atoms with Crippen LogP contribution >= 0.6 is 0 Å². The largest absolute Gasteiger partial charge is 0.376 e. The quantitative estimate of drug-likeness (QED) is 0.845. The van der Waals surface area contributed by atoms with Gasteiger partial charge in [-0.1, -0.05) is 6.92 Å². The molecule has 1 saturated carbocycles. The highest BCUT2D eigenvalue weighted by atomic mass is 19.1. The summed E-state index contributed by atoms with van der Waals surface area (Å²) < 4.78 is 19.6. The second kappa shape index (κ2) is 5.76. The van der Waals surface area contributed by atoms with Gasteiger partial charge in [-0.05, 0) is 38.3 Å². The van der Waals surface area contributed by atoms with E-state index in [9.17, 15) is 4.39 Å². The van der Waals surface area contributed by atoms with Crippen molar-refractivity contribution in [2.75, 3.05) is 13.7 Å². The van der Waals surface area contributed by atoms with E-state index in [1.165, 1.54) is 6.20 Å². The minimum Gasteiger partial charge on any atom is -0.376 e. The van der Waals surface area contributed by atoms with Crippen LogP contribution in [-0.4, -0.2) is 24.2 Å². The average Bonchev–Trinajstić information content (AvgIpc) is 2.33. The zero-order chi connectivity index (χ0) is 13.0. The molecule has 1 aliphatic rings. The molecule has 3 nitrogen and oxygen atoms in total. The molecule has 2 rings (SSSR count). The first-order valence-electron chi connectivity index (χ1n) is 6.61. The third-order valence-corrected chi connectivity index (χ3v) is 3.85. The Hall–Kier alpha value is -1.00. The van der Waals surface area contributed by atoms with E-state index in [2.05, 4.69) is 17.2 Å². The second-order valence-electron chi connectivity index (χ2n) is 4.91. The predicted octanol–water partition coefficient (Wildman–Crippen LogP) is 2.83. The summed E-state index contributed by atoms with van der Waals surface area (Å²) in [6.45, 7) is 2.96. The number of rotatable bonds is 6. The van der Waals surface area contributed by atoms with Gasteiger partial charge >= 0.3 is 0 Å². The Labute approximate surface area is 108 Å². The summed E-state index contributed by atoms with van der Waals surface area (Å²) in [5.74, 6) is -0.255. The van der Waals surface area contributed by atoms with Gasteiger partial charge in [0.15, 0.2) is 0 Å². The molecule has 1 aromatic rings. The molecule has 1 heterocycles. The van der Waals surface area contributed by atoms with Gasteiger partial charge in [-0.2, -0.15) is 0 Å². The first kappa shape index (κ1) is 13.4. The first-order valence-corrected chi connectivity index (χ1v) is 6.61. The van der Waals surface area contributed by atoms with E-state index in [1.54, 1.807) is 19.4 Å². The highest BCUT2D eigenvalue weighted by Crippen LogP contribution is 2.45. The number of halogens is 1. The first-order chi connectivity index (χ1) is 8.73.